The molecule has 1 amide bonds. The third kappa shape index (κ3) is 4.65. The Hall–Kier alpha value is -1.39. The number of nitrogens with two attached hydrogens (primary N) is 1. The summed E-state index contributed by atoms with van der Waals surface area (Å²) < 4.78 is 0. The Bertz CT molecular complexity index is 412. The van der Waals surface area contributed by atoms with E-state index in [4.69, 9.17) is 5.73 Å². The number of hydrogen-bond acceptors (Lipinski definition) is 3. The van der Waals surface area contributed by atoms with E-state index in [2.05, 4.69) is 17.3 Å². The van der Waals surface area contributed by atoms with Gasteiger partial charge in [-0.2, -0.15) is 0 Å². The van der Waals surface area contributed by atoms with E-state index in [9.17, 15) is 4.79 Å². The van der Waals surface area contributed by atoms with Gasteiger partial charge in [-0.05, 0) is 50.6 Å². The van der Waals surface area contributed by atoms with Gasteiger partial charge in [-0.1, -0.05) is 12.1 Å². The molecule has 1 aliphatic carbocycles. The number of anilines is 1. The van der Waals surface area contributed by atoms with Gasteiger partial charge >= 0.3 is 0 Å². The van der Waals surface area contributed by atoms with E-state index in [1.165, 1.54) is 12.8 Å². The number of amides is 1. The number of carbonyl (C=O) groups is 1. The van der Waals surface area contributed by atoms with Gasteiger partial charge in [-0.15, -0.1) is 0 Å². The summed E-state index contributed by atoms with van der Waals surface area (Å²) in [6.07, 6.45) is 4.13. The molecule has 0 heterocycles. The second-order valence-electron chi connectivity index (χ2n) is 5.26. The monoisotopic (exact) mass is 261 g/mol. The van der Waals surface area contributed by atoms with Crippen LogP contribution in [0.15, 0.2) is 24.3 Å². The van der Waals surface area contributed by atoms with Crippen molar-refractivity contribution >= 4 is 11.6 Å². The van der Waals surface area contributed by atoms with Gasteiger partial charge in [0.2, 0.25) is 5.91 Å². The predicted molar refractivity (Wildman–Crippen MR) is 77.8 cm³/mol. The lowest BCUT2D eigenvalue weighted by atomic mass is 10.2. The normalized spacial score (nSPS) is 14.7. The molecule has 1 saturated carbocycles. The van der Waals surface area contributed by atoms with Gasteiger partial charge in [-0.3, -0.25) is 4.79 Å². The summed E-state index contributed by atoms with van der Waals surface area (Å²) in [5.74, 6) is 0.0877. The fourth-order valence-corrected chi connectivity index (χ4v) is 2.13. The zero-order valence-electron chi connectivity index (χ0n) is 11.6. The zero-order chi connectivity index (χ0) is 13.7. The van der Waals surface area contributed by atoms with Crippen LogP contribution in [0.1, 0.15) is 31.2 Å². The lowest BCUT2D eigenvalue weighted by molar-refractivity contribution is -0.116. The van der Waals surface area contributed by atoms with E-state index in [0.29, 0.717) is 13.0 Å². The van der Waals surface area contributed by atoms with Gasteiger partial charge in [0.25, 0.3) is 0 Å². The standard InChI is InChI=1S/C15H23N3O/c1-18(14-8-9-14)10-2-3-15(19)17-13-6-4-12(11-16)5-7-13/h4-7,14H,2-3,8-11,16H2,1H3,(H,17,19). The molecule has 1 aromatic rings. The van der Waals surface area contributed by atoms with Crippen LogP contribution in [0, 0.1) is 0 Å². The van der Waals surface area contributed by atoms with Crippen molar-refractivity contribution in [2.75, 3.05) is 18.9 Å². The second kappa shape index (κ2) is 6.68. The molecule has 1 aromatic carbocycles. The van der Waals surface area contributed by atoms with Gasteiger partial charge in [0.1, 0.15) is 0 Å². The fraction of sp³-hybridized carbons (Fsp3) is 0.533. The molecule has 0 saturated heterocycles. The van der Waals surface area contributed by atoms with Crippen LogP contribution in [-0.4, -0.2) is 30.4 Å². The van der Waals surface area contributed by atoms with Gasteiger partial charge in [0, 0.05) is 24.7 Å². The van der Waals surface area contributed by atoms with Crippen molar-refractivity contribution in [3.63, 3.8) is 0 Å². The molecule has 1 aliphatic rings. The van der Waals surface area contributed by atoms with Crippen LogP contribution in [0.25, 0.3) is 0 Å². The largest absolute Gasteiger partial charge is 0.326 e. The molecule has 0 atom stereocenters. The number of carbonyl (C=O) groups excluding carboxylic acids is 1. The molecule has 0 radical (unpaired) electrons. The van der Waals surface area contributed by atoms with Crippen LogP contribution in [0.2, 0.25) is 0 Å². The molecule has 3 N–H and O–H groups in total. The van der Waals surface area contributed by atoms with E-state index in [1.807, 2.05) is 24.3 Å². The summed E-state index contributed by atoms with van der Waals surface area (Å²) in [5.41, 5.74) is 7.45. The highest BCUT2D eigenvalue weighted by Crippen LogP contribution is 2.25. The van der Waals surface area contributed by atoms with Crippen molar-refractivity contribution in [2.24, 2.45) is 5.73 Å². The van der Waals surface area contributed by atoms with Crippen molar-refractivity contribution in [2.45, 2.75) is 38.3 Å². The second-order valence-corrected chi connectivity index (χ2v) is 5.26. The van der Waals surface area contributed by atoms with Crippen LogP contribution >= 0.6 is 0 Å². The summed E-state index contributed by atoms with van der Waals surface area (Å²) >= 11 is 0. The highest BCUT2D eigenvalue weighted by molar-refractivity contribution is 5.90. The van der Waals surface area contributed by atoms with E-state index < -0.39 is 0 Å². The summed E-state index contributed by atoms with van der Waals surface area (Å²) in [6, 6.07) is 8.45. The summed E-state index contributed by atoms with van der Waals surface area (Å²) in [6.45, 7) is 1.53. The lowest BCUT2D eigenvalue weighted by Crippen LogP contribution is -2.23. The van der Waals surface area contributed by atoms with Gasteiger partial charge in [0.15, 0.2) is 0 Å². The van der Waals surface area contributed by atoms with E-state index in [-0.39, 0.29) is 5.91 Å². The molecular formula is C15H23N3O. The Morgan fingerprint density at radius 2 is 2.05 bits per heavy atom. The van der Waals surface area contributed by atoms with Crippen molar-refractivity contribution < 1.29 is 4.79 Å². The summed E-state index contributed by atoms with van der Waals surface area (Å²) in [5, 5.41) is 2.91. The topological polar surface area (TPSA) is 58.4 Å². The van der Waals surface area contributed by atoms with Crippen LogP contribution in [0.3, 0.4) is 0 Å². The van der Waals surface area contributed by atoms with E-state index in [0.717, 1.165) is 30.3 Å². The smallest absolute Gasteiger partial charge is 0.224 e. The maximum atomic E-state index is 11.8. The van der Waals surface area contributed by atoms with E-state index in [1.54, 1.807) is 0 Å². The molecule has 104 valence electrons. The molecule has 0 aromatic heterocycles. The Labute approximate surface area is 115 Å². The Morgan fingerprint density at radius 1 is 1.37 bits per heavy atom. The number of rotatable bonds is 7. The van der Waals surface area contributed by atoms with E-state index >= 15 is 0 Å². The lowest BCUT2D eigenvalue weighted by Gasteiger charge is -2.14. The molecule has 2 rings (SSSR count). The SMILES string of the molecule is CN(CCCC(=O)Nc1ccc(CN)cc1)C1CC1. The molecule has 0 spiro atoms. The molecule has 1 fully saturated rings. The van der Waals surface area contributed by atoms with Gasteiger partial charge < -0.3 is 16.0 Å². The third-order valence-corrected chi connectivity index (χ3v) is 3.56. The Balaban J connectivity index is 1.67. The van der Waals surface area contributed by atoms with Crippen molar-refractivity contribution in [3.05, 3.63) is 29.8 Å². The minimum atomic E-state index is 0.0877. The Kier molecular flexibility index (Phi) is 4.93. The number of nitrogens with zero attached hydrogens (tertiary/aromatic N) is 1. The highest BCUT2D eigenvalue weighted by atomic mass is 16.1. The summed E-state index contributed by atoms with van der Waals surface area (Å²) in [7, 11) is 2.14. The maximum Gasteiger partial charge on any atom is 0.224 e. The molecule has 0 bridgehead atoms. The highest BCUT2D eigenvalue weighted by Gasteiger charge is 2.25. The van der Waals surface area contributed by atoms with Crippen molar-refractivity contribution in [3.8, 4) is 0 Å². The van der Waals surface area contributed by atoms with Crippen LogP contribution < -0.4 is 11.1 Å². The molecule has 0 aliphatic heterocycles. The first kappa shape index (κ1) is 14.0. The molecule has 4 heteroatoms. The first-order chi connectivity index (χ1) is 9.19. The predicted octanol–water partition coefficient (Wildman–Crippen LogP) is 1.96. The Morgan fingerprint density at radius 3 is 2.63 bits per heavy atom. The van der Waals surface area contributed by atoms with Gasteiger partial charge in [-0.25, -0.2) is 0 Å². The fourth-order valence-electron chi connectivity index (χ4n) is 2.13. The number of hydrogen-bond donors (Lipinski definition) is 2. The molecular weight excluding hydrogens is 238 g/mol. The quantitative estimate of drug-likeness (QED) is 0.789. The van der Waals surface area contributed by atoms with Crippen LogP contribution in [0.4, 0.5) is 5.69 Å². The number of nitrogens with one attached hydrogen (secondary N) is 1. The minimum absolute atomic E-state index is 0.0877. The summed E-state index contributed by atoms with van der Waals surface area (Å²) in [4.78, 5) is 14.1. The molecule has 4 nitrogen and oxygen atoms in total. The van der Waals surface area contributed by atoms with Crippen molar-refractivity contribution in [1.82, 2.24) is 4.90 Å². The van der Waals surface area contributed by atoms with Crippen LogP contribution in [-0.2, 0) is 11.3 Å². The maximum absolute atomic E-state index is 11.8. The number of benzene rings is 1. The third-order valence-electron chi connectivity index (χ3n) is 3.56. The van der Waals surface area contributed by atoms with Crippen molar-refractivity contribution in [1.29, 1.82) is 0 Å². The zero-order valence-corrected chi connectivity index (χ0v) is 11.6. The minimum Gasteiger partial charge on any atom is -0.326 e. The van der Waals surface area contributed by atoms with Crippen LogP contribution in [0.5, 0.6) is 0 Å². The average molecular weight is 261 g/mol. The first-order valence-electron chi connectivity index (χ1n) is 6.98. The average Bonchev–Trinajstić information content (AvgIpc) is 3.24. The first-order valence-corrected chi connectivity index (χ1v) is 6.98. The molecule has 0 unspecified atom stereocenters. The van der Waals surface area contributed by atoms with Gasteiger partial charge in [0.05, 0.1) is 0 Å². The molecule has 19 heavy (non-hydrogen) atoms.